The lowest BCUT2D eigenvalue weighted by Gasteiger charge is -2.49. The molecule has 0 aromatic carbocycles. The summed E-state index contributed by atoms with van der Waals surface area (Å²) in [4.78, 5) is 0.762. The van der Waals surface area contributed by atoms with E-state index in [4.69, 9.17) is 15.7 Å². The van der Waals surface area contributed by atoms with Crippen LogP contribution < -0.4 is 0 Å². The normalized spacial score (nSPS) is 34.2. The molecule has 0 aromatic rings. The third-order valence-electron chi connectivity index (χ3n) is 4.64. The van der Waals surface area contributed by atoms with Gasteiger partial charge in [0.05, 0.1) is 16.1 Å². The van der Waals surface area contributed by atoms with Crippen LogP contribution in [0.3, 0.4) is 0 Å². The Hall–Kier alpha value is 1.17. The highest BCUT2D eigenvalue weighted by atomic mass is 35.7. The maximum atomic E-state index is 7.52. The Kier molecular flexibility index (Phi) is 5.16. The monoisotopic (exact) mass is 367 g/mol. The van der Waals surface area contributed by atoms with Gasteiger partial charge in [-0.3, -0.25) is 0 Å². The predicted molar refractivity (Wildman–Crippen MR) is 107 cm³/mol. The van der Waals surface area contributed by atoms with E-state index in [1.54, 1.807) is 0 Å². The second-order valence-electron chi connectivity index (χ2n) is 9.94. The standard InChI is InChI=1S/C14H35ClNPSi3/c1-14(2,3)17(15)13(18(4,5)6)19(7,8)11-12-20(9,10)16-17/h13H,11-12H2,1-10H3. The van der Waals surface area contributed by atoms with Crippen molar-refractivity contribution in [2.45, 2.75) is 88.8 Å². The molecule has 2 unspecified atom stereocenters. The summed E-state index contributed by atoms with van der Waals surface area (Å²) < 4.78 is 5.54. The van der Waals surface area contributed by atoms with Gasteiger partial charge >= 0.3 is 0 Å². The molecule has 1 aliphatic rings. The largest absolute Gasteiger partial charge is 0.323 e. The van der Waals surface area contributed by atoms with Gasteiger partial charge in [0.2, 0.25) is 0 Å². The molecule has 0 bridgehead atoms. The summed E-state index contributed by atoms with van der Waals surface area (Å²) in [5, 5.41) is 0.151. The third-order valence-corrected chi connectivity index (χ3v) is 32.5. The second-order valence-corrected chi connectivity index (χ2v) is 31.4. The van der Waals surface area contributed by atoms with Gasteiger partial charge in [-0.05, 0) is 24.0 Å². The molecule has 2 atom stereocenters. The van der Waals surface area contributed by atoms with E-state index in [1.165, 1.54) is 12.1 Å². The molecule has 0 radical (unpaired) electrons. The van der Waals surface area contributed by atoms with E-state index in [-0.39, 0.29) is 5.16 Å². The van der Waals surface area contributed by atoms with Crippen molar-refractivity contribution in [2.24, 2.45) is 4.41 Å². The van der Waals surface area contributed by atoms with Crippen LogP contribution in [0, 0.1) is 0 Å². The first-order valence-corrected chi connectivity index (χ1v) is 20.6. The number of halogens is 1. The fourth-order valence-corrected chi connectivity index (χ4v) is 43.5. The van der Waals surface area contributed by atoms with Gasteiger partial charge in [0, 0.05) is 11.6 Å². The zero-order valence-corrected chi connectivity index (χ0v) is 19.9. The Morgan fingerprint density at radius 2 is 1.50 bits per heavy atom. The Balaban J connectivity index is 3.69. The summed E-state index contributed by atoms with van der Waals surface area (Å²) in [6.45, 7) is 24.7. The first-order chi connectivity index (χ1) is 8.53. The van der Waals surface area contributed by atoms with Crippen LogP contribution in [0.25, 0.3) is 0 Å². The van der Waals surface area contributed by atoms with Crippen LogP contribution in [0.2, 0.25) is 57.9 Å². The zero-order chi connectivity index (χ0) is 16.2. The fraction of sp³-hybridized carbons (Fsp3) is 1.00. The average molecular weight is 368 g/mol. The summed E-state index contributed by atoms with van der Waals surface area (Å²) in [7, 11) is -4.14. The molecular weight excluding hydrogens is 333 g/mol. The molecule has 0 aliphatic carbocycles. The molecule has 1 aliphatic heterocycles. The molecule has 1 heterocycles. The minimum Gasteiger partial charge on any atom is -0.323 e. The van der Waals surface area contributed by atoms with Crippen molar-refractivity contribution in [2.75, 3.05) is 0 Å². The molecule has 0 fully saturated rings. The van der Waals surface area contributed by atoms with E-state index in [2.05, 4.69) is 66.6 Å². The topological polar surface area (TPSA) is 12.4 Å². The molecule has 20 heavy (non-hydrogen) atoms. The minimum absolute atomic E-state index is 0.151. The predicted octanol–water partition coefficient (Wildman–Crippen LogP) is 6.85. The smallest absolute Gasteiger partial charge is 0.174 e. The Bertz CT molecular complexity index is 433. The summed E-state index contributed by atoms with van der Waals surface area (Å²) in [5.41, 5.74) is 0. The van der Waals surface area contributed by atoms with Gasteiger partial charge in [-0.2, -0.15) is 0 Å². The van der Waals surface area contributed by atoms with Crippen LogP contribution in [-0.2, 0) is 0 Å². The lowest BCUT2D eigenvalue weighted by Crippen LogP contribution is -2.55. The molecule has 0 amide bonds. The van der Waals surface area contributed by atoms with Crippen LogP contribution in [0.5, 0.6) is 0 Å². The van der Waals surface area contributed by atoms with Crippen molar-refractivity contribution >= 4 is 42.0 Å². The van der Waals surface area contributed by atoms with Crippen molar-refractivity contribution in [1.82, 2.24) is 0 Å². The highest BCUT2D eigenvalue weighted by Crippen LogP contribution is 2.74. The Labute approximate surface area is 135 Å². The van der Waals surface area contributed by atoms with Gasteiger partial charge in [-0.25, -0.2) is 0 Å². The van der Waals surface area contributed by atoms with E-state index in [0.717, 1.165) is 4.91 Å². The molecule has 0 saturated carbocycles. The van der Waals surface area contributed by atoms with E-state index >= 15 is 0 Å². The fourth-order valence-electron chi connectivity index (χ4n) is 3.95. The zero-order valence-electron chi connectivity index (χ0n) is 15.3. The summed E-state index contributed by atoms with van der Waals surface area (Å²) in [5.74, 6) is 0. The third kappa shape index (κ3) is 3.73. The van der Waals surface area contributed by atoms with Crippen LogP contribution in [0.15, 0.2) is 4.41 Å². The molecule has 0 aromatic heterocycles. The van der Waals surface area contributed by atoms with Crippen molar-refractivity contribution in [1.29, 1.82) is 0 Å². The van der Waals surface area contributed by atoms with Gasteiger partial charge in [-0.1, -0.05) is 70.8 Å². The van der Waals surface area contributed by atoms with Crippen LogP contribution in [-0.4, -0.2) is 34.4 Å². The molecule has 120 valence electrons. The summed E-state index contributed by atoms with van der Waals surface area (Å²) in [6, 6.07) is 2.80. The Morgan fingerprint density at radius 1 is 1.05 bits per heavy atom. The molecule has 0 N–H and O–H groups in total. The summed E-state index contributed by atoms with van der Waals surface area (Å²) in [6.07, 6.45) is -1.78. The SMILES string of the molecule is CC(C)(C)P1(Cl)=N[Si](C)(C)CC[Si](C)(C)C1[Si](C)(C)C. The number of hydrogen-bond donors (Lipinski definition) is 0. The average Bonchev–Trinajstić information content (AvgIpc) is 2.15. The van der Waals surface area contributed by atoms with Crippen LogP contribution >= 0.6 is 17.6 Å². The molecule has 0 spiro atoms. The summed E-state index contributed by atoms with van der Waals surface area (Å²) >= 11 is 7.52. The molecule has 0 saturated heterocycles. The van der Waals surface area contributed by atoms with Crippen LogP contribution in [0.1, 0.15) is 20.8 Å². The first kappa shape index (κ1) is 19.2. The van der Waals surface area contributed by atoms with Crippen LogP contribution in [0.4, 0.5) is 0 Å². The molecule has 6 heteroatoms. The van der Waals surface area contributed by atoms with Gasteiger partial charge in [-0.15, -0.1) is 0 Å². The lowest BCUT2D eigenvalue weighted by atomic mass is 10.3. The van der Waals surface area contributed by atoms with E-state index in [1.807, 2.05) is 0 Å². The lowest BCUT2D eigenvalue weighted by molar-refractivity contribution is 0.783. The van der Waals surface area contributed by atoms with Crippen molar-refractivity contribution in [3.8, 4) is 0 Å². The molecule has 1 rings (SSSR count). The van der Waals surface area contributed by atoms with Crippen molar-refractivity contribution in [3.05, 3.63) is 0 Å². The Morgan fingerprint density at radius 3 is 1.85 bits per heavy atom. The maximum absolute atomic E-state index is 7.52. The minimum atomic E-state index is -1.78. The van der Waals surface area contributed by atoms with Crippen molar-refractivity contribution in [3.63, 3.8) is 0 Å². The van der Waals surface area contributed by atoms with Gasteiger partial charge < -0.3 is 4.41 Å². The van der Waals surface area contributed by atoms with Gasteiger partial charge in [0.15, 0.2) is 8.24 Å². The highest BCUT2D eigenvalue weighted by molar-refractivity contribution is 7.96. The quantitative estimate of drug-likeness (QED) is 0.354. The van der Waals surface area contributed by atoms with E-state index < -0.39 is 30.8 Å². The van der Waals surface area contributed by atoms with Crippen molar-refractivity contribution < 1.29 is 0 Å². The van der Waals surface area contributed by atoms with Gasteiger partial charge in [0.25, 0.3) is 0 Å². The number of hydrogen-bond acceptors (Lipinski definition) is 1. The van der Waals surface area contributed by atoms with E-state index in [9.17, 15) is 0 Å². The van der Waals surface area contributed by atoms with E-state index in [0.29, 0.717) is 0 Å². The molecular formula is C14H35ClNPSi3. The maximum Gasteiger partial charge on any atom is 0.174 e. The number of nitrogens with zero attached hydrogens (tertiary/aromatic N) is 1. The first-order valence-electron chi connectivity index (χ1n) is 7.86. The number of rotatable bonds is 1. The second kappa shape index (κ2) is 5.37. The van der Waals surface area contributed by atoms with Gasteiger partial charge in [0.1, 0.15) is 0 Å². The molecule has 1 nitrogen and oxygen atoms in total. The highest BCUT2D eigenvalue weighted by Gasteiger charge is 2.55.